The van der Waals surface area contributed by atoms with Crippen LogP contribution in [0.3, 0.4) is 0 Å². The van der Waals surface area contributed by atoms with Gasteiger partial charge in [-0.15, -0.1) is 0 Å². The third kappa shape index (κ3) is 9.65. The van der Waals surface area contributed by atoms with Gasteiger partial charge in [0.15, 0.2) is 11.6 Å². The minimum atomic E-state index is -0.720. The molecule has 4 heterocycles. The van der Waals surface area contributed by atoms with E-state index in [9.17, 15) is 0 Å². The quantitative estimate of drug-likeness (QED) is 0.136. The molecule has 0 fully saturated rings. The molecule has 106 heavy (non-hydrogen) atoms. The van der Waals surface area contributed by atoms with Gasteiger partial charge in [-0.05, 0) is 156 Å². The van der Waals surface area contributed by atoms with Crippen molar-refractivity contribution in [1.29, 1.82) is 0 Å². The highest BCUT2D eigenvalue weighted by atomic mass is 16.5. The van der Waals surface area contributed by atoms with Crippen molar-refractivity contribution in [3.63, 3.8) is 0 Å². The van der Waals surface area contributed by atoms with Gasteiger partial charge in [-0.2, -0.15) is 0 Å². The molecule has 0 N–H and O–H groups in total. The average Bonchev–Trinajstić information content (AvgIpc) is 1.55. The van der Waals surface area contributed by atoms with E-state index in [0.717, 1.165) is 140 Å². The number of hydrogen-bond donors (Lipinski definition) is 0. The van der Waals surface area contributed by atoms with Crippen LogP contribution in [-0.2, 0) is 10.8 Å². The van der Waals surface area contributed by atoms with Gasteiger partial charge in [0.25, 0.3) is 0 Å². The van der Waals surface area contributed by atoms with Crippen molar-refractivity contribution in [2.45, 2.75) is 10.8 Å². The lowest BCUT2D eigenvalue weighted by Gasteiger charge is -2.40. The first-order valence-electron chi connectivity index (χ1n) is 36.1. The number of aromatic nitrogens is 4. The predicted molar refractivity (Wildman–Crippen MR) is 427 cm³/mol. The Hall–Kier alpha value is -13.9. The molecule has 6 nitrogen and oxygen atoms in total. The zero-order valence-electron chi connectivity index (χ0n) is 57.4. The molecule has 21 rings (SSSR count). The molecule has 2 aromatic heterocycles. The fraction of sp³-hybridized carbons (Fsp3) is 0.0200. The molecule has 494 valence electrons. The molecule has 2 aliphatic carbocycles. The van der Waals surface area contributed by atoms with Crippen molar-refractivity contribution in [3.05, 3.63) is 421 Å². The molecule has 6 heteroatoms. The Bertz CT molecular complexity index is 6310. The fourth-order valence-electron chi connectivity index (χ4n) is 17.3. The van der Waals surface area contributed by atoms with Gasteiger partial charge < -0.3 is 9.47 Å². The van der Waals surface area contributed by atoms with Crippen LogP contribution in [0.5, 0.6) is 23.0 Å². The van der Waals surface area contributed by atoms with Gasteiger partial charge in [0.05, 0.1) is 33.6 Å². The van der Waals surface area contributed by atoms with Gasteiger partial charge in [-0.25, -0.2) is 19.9 Å². The summed E-state index contributed by atoms with van der Waals surface area (Å²) in [4.78, 5) is 21.5. The molecular formula is C100H62N4O2. The van der Waals surface area contributed by atoms with Crippen LogP contribution in [0.15, 0.2) is 376 Å². The highest BCUT2D eigenvalue weighted by Gasteiger charge is 2.53. The van der Waals surface area contributed by atoms with E-state index < -0.39 is 10.8 Å². The summed E-state index contributed by atoms with van der Waals surface area (Å²) in [5, 5.41) is 0. The van der Waals surface area contributed by atoms with Gasteiger partial charge in [-0.3, -0.25) is 0 Å². The van der Waals surface area contributed by atoms with Crippen LogP contribution in [0.4, 0.5) is 0 Å². The molecule has 2 spiro atoms. The van der Waals surface area contributed by atoms with E-state index in [1.807, 2.05) is 18.2 Å². The molecule has 15 aromatic carbocycles. The van der Waals surface area contributed by atoms with Crippen LogP contribution < -0.4 is 9.47 Å². The first kappa shape index (κ1) is 60.8. The summed E-state index contributed by atoms with van der Waals surface area (Å²) in [5.74, 6) is 4.61. The summed E-state index contributed by atoms with van der Waals surface area (Å²) in [6, 6.07) is 135. The van der Waals surface area contributed by atoms with Crippen LogP contribution >= 0.6 is 0 Å². The van der Waals surface area contributed by atoms with Crippen molar-refractivity contribution >= 4 is 0 Å². The van der Waals surface area contributed by atoms with Crippen molar-refractivity contribution in [2.24, 2.45) is 0 Å². The number of hydrogen-bond acceptors (Lipinski definition) is 6. The van der Waals surface area contributed by atoms with E-state index >= 15 is 0 Å². The normalized spacial score (nSPS) is 13.2. The number of ether oxygens (including phenoxy) is 2. The molecule has 4 aliphatic rings. The number of para-hydroxylation sites is 1. The molecule has 2 aliphatic heterocycles. The predicted octanol–water partition coefficient (Wildman–Crippen LogP) is 24.9. The van der Waals surface area contributed by atoms with E-state index in [0.29, 0.717) is 11.6 Å². The third-order valence-corrected chi connectivity index (χ3v) is 22.1. The number of fused-ring (bicyclic) bond motifs is 18. The fourth-order valence-corrected chi connectivity index (χ4v) is 17.3. The Morgan fingerprint density at radius 1 is 0.160 bits per heavy atom. The summed E-state index contributed by atoms with van der Waals surface area (Å²) >= 11 is 0. The maximum Gasteiger partial charge on any atom is 0.160 e. The maximum absolute atomic E-state index is 7.32. The Balaban J connectivity index is 0.645. The third-order valence-electron chi connectivity index (χ3n) is 22.1. The molecule has 0 atom stereocenters. The van der Waals surface area contributed by atoms with Crippen molar-refractivity contribution in [1.82, 2.24) is 19.9 Å². The number of rotatable bonds is 10. The minimum Gasteiger partial charge on any atom is -0.457 e. The number of nitrogens with zero attached hydrogens (tertiary/aromatic N) is 4. The summed E-state index contributed by atoms with van der Waals surface area (Å²) in [5.41, 5.74) is 30.8. The minimum absolute atomic E-state index is 0.587. The van der Waals surface area contributed by atoms with E-state index in [1.165, 1.54) is 50.1 Å². The van der Waals surface area contributed by atoms with Gasteiger partial charge in [0.2, 0.25) is 0 Å². The average molecular weight is 1350 g/mol. The number of benzene rings is 15. The van der Waals surface area contributed by atoms with Crippen molar-refractivity contribution < 1.29 is 9.47 Å². The second-order valence-corrected chi connectivity index (χ2v) is 27.9. The van der Waals surface area contributed by atoms with Crippen LogP contribution in [0, 0.1) is 0 Å². The van der Waals surface area contributed by atoms with E-state index in [2.05, 4.69) is 358 Å². The monoisotopic (exact) mass is 1350 g/mol. The molecule has 0 amide bonds. The first-order valence-corrected chi connectivity index (χ1v) is 36.1. The lowest BCUT2D eigenvalue weighted by molar-refractivity contribution is 0.436. The summed E-state index contributed by atoms with van der Waals surface area (Å²) in [7, 11) is 0. The van der Waals surface area contributed by atoms with Crippen LogP contribution in [0.1, 0.15) is 44.5 Å². The first-order chi connectivity index (χ1) is 52.5. The Morgan fingerprint density at radius 2 is 0.443 bits per heavy atom. The van der Waals surface area contributed by atoms with Gasteiger partial charge in [-0.1, -0.05) is 309 Å². The molecule has 0 unspecified atom stereocenters. The highest BCUT2D eigenvalue weighted by molar-refractivity contribution is 5.93. The smallest absolute Gasteiger partial charge is 0.160 e. The lowest BCUT2D eigenvalue weighted by atomic mass is 9.65. The highest BCUT2D eigenvalue weighted by Crippen LogP contribution is 2.65. The lowest BCUT2D eigenvalue weighted by Crippen LogP contribution is -2.32. The van der Waals surface area contributed by atoms with Gasteiger partial charge >= 0.3 is 0 Å². The molecule has 0 saturated heterocycles. The summed E-state index contributed by atoms with van der Waals surface area (Å²) in [6.45, 7) is 0. The van der Waals surface area contributed by atoms with Gasteiger partial charge in [0, 0.05) is 55.6 Å². The molecule has 0 bridgehead atoms. The molecular weight excluding hydrogens is 1290 g/mol. The van der Waals surface area contributed by atoms with E-state index in [4.69, 9.17) is 29.4 Å². The van der Waals surface area contributed by atoms with Crippen LogP contribution in [-0.4, -0.2) is 19.9 Å². The molecule has 0 radical (unpaired) electrons. The molecule has 0 saturated carbocycles. The molecule has 17 aromatic rings. The zero-order chi connectivity index (χ0) is 69.9. The van der Waals surface area contributed by atoms with Crippen LogP contribution in [0.2, 0.25) is 0 Å². The van der Waals surface area contributed by atoms with E-state index in [1.54, 1.807) is 0 Å². The maximum atomic E-state index is 7.32. The SMILES string of the molecule is c1ccc(-c2ccc(-c3cc(-c4ccccc4)nc(-c4cccc(-c5ccc6c(c5)C5(c7ccc(-c8cccc(-c9cc(-c%10ccccc%10)nc(-c%10cccc(-c%11ccc%12c(c%11)C%11(c%13ccccc%13O%12)c%12ccccc%12-c%12ccccc%12%11)c%10)n9)c8)cc7O6)c6ccccc6-c6ccccc65)c4)n3)cc2)cc1. The second kappa shape index (κ2) is 24.4. The standard InChI is InChI=1S/C100H62N4O2/c1-4-23-63(24-5-1)64-45-47-67(48-46-64)91-61-89(65-25-6-2-7-26-65)101-97(103-91)75-33-21-30-69(56-75)72-51-54-95-88(59-72)100(83-41-16-12-37-79(83)80-38-13-17-42-84(80)100)86-52-49-73(60-96(86)106-95)68-29-20-32-74(55-68)92-62-90(66-27-8-3-9-28-66)102-98(104-92)76-34-22-31-70(57-76)71-50-53-94-87(58-71)99(85-43-18-19-44-93(85)105-94)81-39-14-10-35-77(81)78-36-11-15-40-82(78)99/h1-62H. The summed E-state index contributed by atoms with van der Waals surface area (Å²) < 4.78 is 14.2. The zero-order valence-corrected chi connectivity index (χ0v) is 57.4. The van der Waals surface area contributed by atoms with Crippen LogP contribution in [0.25, 0.3) is 135 Å². The largest absolute Gasteiger partial charge is 0.457 e. The Labute approximate surface area is 614 Å². The van der Waals surface area contributed by atoms with E-state index in [-0.39, 0.29) is 0 Å². The van der Waals surface area contributed by atoms with Gasteiger partial charge in [0.1, 0.15) is 23.0 Å². The summed E-state index contributed by atoms with van der Waals surface area (Å²) in [6.07, 6.45) is 0. The Morgan fingerprint density at radius 3 is 0.915 bits per heavy atom. The Kier molecular flexibility index (Phi) is 14.0. The second-order valence-electron chi connectivity index (χ2n) is 27.9. The van der Waals surface area contributed by atoms with Crippen molar-refractivity contribution in [3.8, 4) is 158 Å². The topological polar surface area (TPSA) is 70.0 Å². The van der Waals surface area contributed by atoms with Crippen molar-refractivity contribution in [2.75, 3.05) is 0 Å².